The second-order valence-corrected chi connectivity index (χ2v) is 5.90. The van der Waals surface area contributed by atoms with Gasteiger partial charge in [-0.1, -0.05) is 12.8 Å². The number of nitrogens with zero attached hydrogens (tertiary/aromatic N) is 1. The van der Waals surface area contributed by atoms with Gasteiger partial charge in [0.05, 0.1) is 11.0 Å². The summed E-state index contributed by atoms with van der Waals surface area (Å²) in [7, 11) is 0. The molecule has 21 heavy (non-hydrogen) atoms. The summed E-state index contributed by atoms with van der Waals surface area (Å²) in [5, 5.41) is 16.9. The third-order valence-electron chi connectivity index (χ3n) is 4.52. The van der Waals surface area contributed by atoms with Crippen molar-refractivity contribution >= 4 is 17.3 Å². The van der Waals surface area contributed by atoms with Crippen LogP contribution in [0.5, 0.6) is 0 Å². The van der Waals surface area contributed by atoms with E-state index in [0.717, 1.165) is 12.8 Å². The Labute approximate surface area is 123 Å². The van der Waals surface area contributed by atoms with E-state index in [9.17, 15) is 14.9 Å². The van der Waals surface area contributed by atoms with Gasteiger partial charge in [0.2, 0.25) is 5.91 Å². The summed E-state index contributed by atoms with van der Waals surface area (Å²) in [4.78, 5) is 22.4. The first-order valence-electron chi connectivity index (χ1n) is 7.45. The quantitative estimate of drug-likeness (QED) is 0.661. The standard InChI is InChI=1S/C15H19N3O3/c19-15(14-9-10-3-1-2-4-13(10)17-14)16-11-5-7-12(8-6-11)18(20)21/h5-8,10,13-14,17H,1-4,9H2,(H,16,19). The molecule has 6 heteroatoms. The highest BCUT2D eigenvalue weighted by Gasteiger charge is 2.38. The molecule has 1 aromatic rings. The molecule has 1 aliphatic heterocycles. The molecule has 2 fully saturated rings. The number of hydrogen-bond donors (Lipinski definition) is 2. The molecule has 0 spiro atoms. The van der Waals surface area contributed by atoms with Crippen LogP contribution >= 0.6 is 0 Å². The molecule has 1 amide bonds. The molecular weight excluding hydrogens is 270 g/mol. The number of nitro groups is 1. The maximum atomic E-state index is 12.3. The summed E-state index contributed by atoms with van der Waals surface area (Å²) in [6, 6.07) is 6.27. The minimum atomic E-state index is -0.450. The Morgan fingerprint density at radius 3 is 2.62 bits per heavy atom. The van der Waals surface area contributed by atoms with E-state index in [0.29, 0.717) is 17.6 Å². The van der Waals surface area contributed by atoms with Crippen LogP contribution in [0.4, 0.5) is 11.4 Å². The number of rotatable bonds is 3. The lowest BCUT2D eigenvalue weighted by Crippen LogP contribution is -2.39. The number of anilines is 1. The van der Waals surface area contributed by atoms with E-state index >= 15 is 0 Å². The van der Waals surface area contributed by atoms with Gasteiger partial charge in [-0.25, -0.2) is 0 Å². The monoisotopic (exact) mass is 289 g/mol. The molecule has 3 atom stereocenters. The van der Waals surface area contributed by atoms with Gasteiger partial charge in [0.15, 0.2) is 0 Å². The van der Waals surface area contributed by atoms with Gasteiger partial charge in [-0.3, -0.25) is 14.9 Å². The van der Waals surface area contributed by atoms with E-state index in [-0.39, 0.29) is 17.6 Å². The van der Waals surface area contributed by atoms with E-state index in [1.54, 1.807) is 12.1 Å². The van der Waals surface area contributed by atoms with Crippen molar-refractivity contribution in [3.8, 4) is 0 Å². The number of fused-ring (bicyclic) bond motifs is 1. The molecule has 1 aromatic carbocycles. The fourth-order valence-corrected chi connectivity index (χ4v) is 3.42. The van der Waals surface area contributed by atoms with Gasteiger partial charge in [0.25, 0.3) is 5.69 Å². The van der Waals surface area contributed by atoms with Crippen molar-refractivity contribution in [2.45, 2.75) is 44.2 Å². The van der Waals surface area contributed by atoms with Crippen molar-refractivity contribution in [1.82, 2.24) is 5.32 Å². The first kappa shape index (κ1) is 14.0. The second kappa shape index (κ2) is 5.81. The Bertz CT molecular complexity index is 530. The number of carbonyl (C=O) groups is 1. The highest BCUT2D eigenvalue weighted by molar-refractivity contribution is 5.95. The molecule has 3 unspecified atom stereocenters. The predicted molar refractivity (Wildman–Crippen MR) is 79.0 cm³/mol. The van der Waals surface area contributed by atoms with E-state index in [2.05, 4.69) is 10.6 Å². The van der Waals surface area contributed by atoms with Crippen LogP contribution in [0, 0.1) is 16.0 Å². The zero-order valence-electron chi connectivity index (χ0n) is 11.7. The summed E-state index contributed by atoms with van der Waals surface area (Å²) in [5.74, 6) is 0.574. The molecule has 1 saturated heterocycles. The van der Waals surface area contributed by atoms with Crippen LogP contribution < -0.4 is 10.6 Å². The van der Waals surface area contributed by atoms with Gasteiger partial charge >= 0.3 is 0 Å². The minimum absolute atomic E-state index is 0.0259. The van der Waals surface area contributed by atoms with E-state index in [4.69, 9.17) is 0 Å². The van der Waals surface area contributed by atoms with Gasteiger partial charge in [-0.05, 0) is 37.3 Å². The maximum Gasteiger partial charge on any atom is 0.269 e. The third-order valence-corrected chi connectivity index (χ3v) is 4.52. The molecule has 6 nitrogen and oxygen atoms in total. The number of nitro benzene ring substituents is 1. The third kappa shape index (κ3) is 3.05. The number of benzene rings is 1. The van der Waals surface area contributed by atoms with Crippen LogP contribution in [-0.4, -0.2) is 22.9 Å². The lowest BCUT2D eigenvalue weighted by Gasteiger charge is -2.24. The van der Waals surface area contributed by atoms with Crippen LogP contribution in [0.2, 0.25) is 0 Å². The Kier molecular flexibility index (Phi) is 3.88. The topological polar surface area (TPSA) is 84.3 Å². The zero-order valence-corrected chi connectivity index (χ0v) is 11.7. The van der Waals surface area contributed by atoms with Gasteiger partial charge in [-0.15, -0.1) is 0 Å². The van der Waals surface area contributed by atoms with Gasteiger partial charge in [0.1, 0.15) is 0 Å². The molecule has 3 rings (SSSR count). The Balaban J connectivity index is 1.60. The highest BCUT2D eigenvalue weighted by Crippen LogP contribution is 2.33. The van der Waals surface area contributed by atoms with Gasteiger partial charge < -0.3 is 10.6 Å². The van der Waals surface area contributed by atoms with Crippen LogP contribution in [0.15, 0.2) is 24.3 Å². The number of hydrogen-bond acceptors (Lipinski definition) is 4. The van der Waals surface area contributed by atoms with Crippen molar-refractivity contribution in [3.05, 3.63) is 34.4 Å². The number of amides is 1. The number of nitrogens with one attached hydrogen (secondary N) is 2. The van der Waals surface area contributed by atoms with E-state index in [1.807, 2.05) is 0 Å². The van der Waals surface area contributed by atoms with Gasteiger partial charge in [-0.2, -0.15) is 0 Å². The second-order valence-electron chi connectivity index (χ2n) is 5.90. The van der Waals surface area contributed by atoms with Crippen molar-refractivity contribution in [2.24, 2.45) is 5.92 Å². The molecule has 0 bridgehead atoms. The number of carbonyl (C=O) groups excluding carboxylic acids is 1. The van der Waals surface area contributed by atoms with Gasteiger partial charge in [0, 0.05) is 23.9 Å². The van der Waals surface area contributed by atoms with Crippen molar-refractivity contribution in [3.63, 3.8) is 0 Å². The van der Waals surface area contributed by atoms with Crippen LogP contribution in [0.1, 0.15) is 32.1 Å². The van der Waals surface area contributed by atoms with Crippen molar-refractivity contribution < 1.29 is 9.72 Å². The fraction of sp³-hybridized carbons (Fsp3) is 0.533. The first-order valence-corrected chi connectivity index (χ1v) is 7.45. The normalized spacial score (nSPS) is 27.9. The van der Waals surface area contributed by atoms with Crippen molar-refractivity contribution in [2.75, 3.05) is 5.32 Å². The largest absolute Gasteiger partial charge is 0.325 e. The minimum Gasteiger partial charge on any atom is -0.325 e. The van der Waals surface area contributed by atoms with Crippen LogP contribution in [0.3, 0.4) is 0 Å². The number of non-ortho nitro benzene ring substituents is 1. The molecule has 1 saturated carbocycles. The zero-order chi connectivity index (χ0) is 14.8. The average Bonchev–Trinajstić information content (AvgIpc) is 2.92. The molecule has 0 aromatic heterocycles. The molecular formula is C15H19N3O3. The molecule has 2 N–H and O–H groups in total. The SMILES string of the molecule is O=C(Nc1ccc([N+](=O)[O-])cc1)C1CC2CCCCC2N1. The lowest BCUT2D eigenvalue weighted by atomic mass is 9.85. The maximum absolute atomic E-state index is 12.3. The molecule has 1 aliphatic carbocycles. The summed E-state index contributed by atoms with van der Waals surface area (Å²) >= 11 is 0. The molecule has 112 valence electrons. The van der Waals surface area contributed by atoms with E-state index < -0.39 is 4.92 Å². The summed E-state index contributed by atoms with van der Waals surface area (Å²) in [6.45, 7) is 0. The summed E-state index contributed by atoms with van der Waals surface area (Å²) < 4.78 is 0. The Morgan fingerprint density at radius 1 is 1.24 bits per heavy atom. The highest BCUT2D eigenvalue weighted by atomic mass is 16.6. The smallest absolute Gasteiger partial charge is 0.269 e. The van der Waals surface area contributed by atoms with Crippen LogP contribution in [-0.2, 0) is 4.79 Å². The predicted octanol–water partition coefficient (Wildman–Crippen LogP) is 2.45. The first-order chi connectivity index (χ1) is 10.1. The molecule has 1 heterocycles. The molecule has 0 radical (unpaired) electrons. The fourth-order valence-electron chi connectivity index (χ4n) is 3.42. The Morgan fingerprint density at radius 2 is 1.95 bits per heavy atom. The summed E-state index contributed by atoms with van der Waals surface area (Å²) in [6.07, 6.45) is 5.76. The molecule has 2 aliphatic rings. The average molecular weight is 289 g/mol. The lowest BCUT2D eigenvalue weighted by molar-refractivity contribution is -0.384. The Hall–Kier alpha value is -1.95. The van der Waals surface area contributed by atoms with Crippen molar-refractivity contribution in [1.29, 1.82) is 0 Å². The summed E-state index contributed by atoms with van der Waals surface area (Å²) in [5.41, 5.74) is 0.625. The van der Waals surface area contributed by atoms with E-state index in [1.165, 1.54) is 31.4 Å². The van der Waals surface area contributed by atoms with Crippen LogP contribution in [0.25, 0.3) is 0 Å².